The van der Waals surface area contributed by atoms with Crippen LogP contribution >= 0.6 is 12.6 Å². The van der Waals surface area contributed by atoms with Gasteiger partial charge in [-0.2, -0.15) is 12.6 Å². The first-order valence-corrected chi connectivity index (χ1v) is 8.77. The van der Waals surface area contributed by atoms with Crippen LogP contribution in [-0.2, 0) is 19.2 Å². The Kier molecular flexibility index (Phi) is 10.9. The van der Waals surface area contributed by atoms with Gasteiger partial charge in [-0.25, -0.2) is 0 Å². The molecular weight excluding hydrogens is 364 g/mol. The van der Waals surface area contributed by atoms with Crippen molar-refractivity contribution in [2.24, 2.45) is 11.7 Å². The van der Waals surface area contributed by atoms with E-state index in [9.17, 15) is 24.3 Å². The number of thiol groups is 1. The molecule has 0 spiro atoms. The quantitative estimate of drug-likeness (QED) is 0.196. The molecule has 3 amide bonds. The van der Waals surface area contributed by atoms with Crippen LogP contribution in [0, 0.1) is 5.92 Å². The molecule has 0 aromatic heterocycles. The van der Waals surface area contributed by atoms with Crippen molar-refractivity contribution in [2.75, 3.05) is 12.4 Å². The monoisotopic (exact) mass is 392 g/mol. The predicted octanol–water partition coefficient (Wildman–Crippen LogP) is -2.16. The number of carboxylic acids is 1. The van der Waals surface area contributed by atoms with Gasteiger partial charge in [-0.05, 0) is 19.3 Å². The van der Waals surface area contributed by atoms with Gasteiger partial charge >= 0.3 is 5.97 Å². The topological polar surface area (TPSA) is 171 Å². The van der Waals surface area contributed by atoms with E-state index in [0.29, 0.717) is 6.42 Å². The number of nitrogens with two attached hydrogens (primary N) is 1. The first-order chi connectivity index (χ1) is 12.0. The standard InChI is InChI=1S/C15H28N4O6S/c1-7(2)4-9(16)12(21)19-11(6-26)14(23)18-10(5-20)13(22)17-8(3)15(24)25/h7-11,20,26H,4-6,16H2,1-3H3,(H,17,22)(H,18,23)(H,19,21)(H,24,25). The van der Waals surface area contributed by atoms with E-state index in [1.165, 1.54) is 6.92 Å². The fraction of sp³-hybridized carbons (Fsp3) is 0.733. The van der Waals surface area contributed by atoms with Crippen LogP contribution in [0.15, 0.2) is 0 Å². The van der Waals surface area contributed by atoms with Gasteiger partial charge in [0.1, 0.15) is 18.1 Å². The molecule has 0 radical (unpaired) electrons. The smallest absolute Gasteiger partial charge is 0.325 e. The molecule has 26 heavy (non-hydrogen) atoms. The highest BCUT2D eigenvalue weighted by atomic mass is 32.1. The number of rotatable bonds is 11. The normalized spacial score (nSPS) is 15.5. The number of amides is 3. The fourth-order valence-electron chi connectivity index (χ4n) is 1.93. The zero-order valence-electron chi connectivity index (χ0n) is 15.1. The Labute approximate surface area is 157 Å². The third-order valence-corrected chi connectivity index (χ3v) is 3.79. The van der Waals surface area contributed by atoms with E-state index in [1.54, 1.807) is 0 Å². The highest BCUT2D eigenvalue weighted by Crippen LogP contribution is 2.03. The summed E-state index contributed by atoms with van der Waals surface area (Å²) in [7, 11) is 0. The highest BCUT2D eigenvalue weighted by Gasteiger charge is 2.28. The van der Waals surface area contributed by atoms with E-state index in [-0.39, 0.29) is 11.7 Å². The van der Waals surface area contributed by atoms with Crippen molar-refractivity contribution < 1.29 is 29.4 Å². The lowest BCUT2D eigenvalue weighted by Crippen LogP contribution is -2.58. The minimum Gasteiger partial charge on any atom is -0.480 e. The van der Waals surface area contributed by atoms with Crippen molar-refractivity contribution in [1.82, 2.24) is 16.0 Å². The molecule has 4 atom stereocenters. The van der Waals surface area contributed by atoms with E-state index in [4.69, 9.17) is 10.8 Å². The number of carboxylic acid groups (broad SMARTS) is 1. The Morgan fingerprint density at radius 2 is 1.46 bits per heavy atom. The van der Waals surface area contributed by atoms with Crippen LogP contribution < -0.4 is 21.7 Å². The summed E-state index contributed by atoms with van der Waals surface area (Å²) in [5.74, 6) is -3.27. The number of hydrogen-bond donors (Lipinski definition) is 7. The molecule has 0 saturated heterocycles. The van der Waals surface area contributed by atoms with Gasteiger partial charge in [-0.1, -0.05) is 13.8 Å². The van der Waals surface area contributed by atoms with Crippen LogP contribution in [0.1, 0.15) is 27.2 Å². The van der Waals surface area contributed by atoms with Crippen molar-refractivity contribution in [1.29, 1.82) is 0 Å². The Morgan fingerprint density at radius 3 is 1.88 bits per heavy atom. The first-order valence-electron chi connectivity index (χ1n) is 8.14. The highest BCUT2D eigenvalue weighted by molar-refractivity contribution is 7.80. The molecule has 150 valence electrons. The van der Waals surface area contributed by atoms with Gasteiger partial charge in [0, 0.05) is 5.75 Å². The number of carbonyl (C=O) groups excluding carboxylic acids is 3. The number of hydrogen-bond acceptors (Lipinski definition) is 7. The Hall–Kier alpha value is -1.85. The fourth-order valence-corrected chi connectivity index (χ4v) is 2.19. The molecule has 0 fully saturated rings. The maximum atomic E-state index is 12.2. The molecule has 0 heterocycles. The second-order valence-corrected chi connectivity index (χ2v) is 6.66. The molecular formula is C15H28N4O6S. The lowest BCUT2D eigenvalue weighted by Gasteiger charge is -2.23. The summed E-state index contributed by atoms with van der Waals surface area (Å²) in [6.45, 7) is 4.30. The molecule has 0 aromatic rings. The average molecular weight is 392 g/mol. The van der Waals surface area contributed by atoms with Gasteiger partial charge in [0.05, 0.1) is 12.6 Å². The molecule has 0 bridgehead atoms. The third-order valence-electron chi connectivity index (χ3n) is 3.42. The predicted molar refractivity (Wildman–Crippen MR) is 97.5 cm³/mol. The van der Waals surface area contributed by atoms with Gasteiger partial charge < -0.3 is 31.9 Å². The molecule has 0 aromatic carbocycles. The summed E-state index contributed by atoms with van der Waals surface area (Å²) < 4.78 is 0. The van der Waals surface area contributed by atoms with Gasteiger partial charge in [0.2, 0.25) is 17.7 Å². The van der Waals surface area contributed by atoms with E-state index >= 15 is 0 Å². The van der Waals surface area contributed by atoms with E-state index < -0.39 is 54.5 Å². The molecule has 0 aliphatic carbocycles. The number of aliphatic carboxylic acids is 1. The van der Waals surface area contributed by atoms with Crippen molar-refractivity contribution in [2.45, 2.75) is 51.4 Å². The zero-order valence-corrected chi connectivity index (χ0v) is 16.0. The van der Waals surface area contributed by atoms with Crippen LogP contribution in [-0.4, -0.2) is 70.4 Å². The van der Waals surface area contributed by atoms with E-state index in [2.05, 4.69) is 28.6 Å². The van der Waals surface area contributed by atoms with Crippen molar-refractivity contribution in [3.05, 3.63) is 0 Å². The van der Waals surface area contributed by atoms with Crippen LogP contribution in [0.3, 0.4) is 0 Å². The average Bonchev–Trinajstić information content (AvgIpc) is 2.55. The Balaban J connectivity index is 4.82. The Morgan fingerprint density at radius 1 is 0.962 bits per heavy atom. The summed E-state index contributed by atoms with van der Waals surface area (Å²) in [5, 5.41) is 24.9. The maximum absolute atomic E-state index is 12.2. The summed E-state index contributed by atoms with van der Waals surface area (Å²) in [5.41, 5.74) is 5.75. The molecule has 10 nitrogen and oxygen atoms in total. The lowest BCUT2D eigenvalue weighted by atomic mass is 10.0. The van der Waals surface area contributed by atoms with Gasteiger partial charge in [-0.15, -0.1) is 0 Å². The molecule has 11 heteroatoms. The number of aliphatic hydroxyl groups is 1. The van der Waals surface area contributed by atoms with Crippen molar-refractivity contribution in [3.8, 4) is 0 Å². The summed E-state index contributed by atoms with van der Waals surface area (Å²) in [6, 6.07) is -4.42. The molecule has 7 N–H and O–H groups in total. The number of carbonyl (C=O) groups is 4. The van der Waals surface area contributed by atoms with Crippen LogP contribution in [0.5, 0.6) is 0 Å². The first kappa shape index (κ1) is 24.1. The lowest BCUT2D eigenvalue weighted by molar-refractivity contribution is -0.142. The van der Waals surface area contributed by atoms with Crippen LogP contribution in [0.2, 0.25) is 0 Å². The largest absolute Gasteiger partial charge is 0.480 e. The number of aliphatic hydroxyl groups excluding tert-OH is 1. The van der Waals surface area contributed by atoms with E-state index in [1.807, 2.05) is 13.8 Å². The minimum absolute atomic E-state index is 0.0583. The molecule has 0 saturated carbocycles. The van der Waals surface area contributed by atoms with E-state index in [0.717, 1.165) is 0 Å². The maximum Gasteiger partial charge on any atom is 0.325 e. The second-order valence-electron chi connectivity index (χ2n) is 6.29. The molecule has 0 aliphatic heterocycles. The molecule has 4 unspecified atom stereocenters. The summed E-state index contributed by atoms with van der Waals surface area (Å²) in [4.78, 5) is 46.9. The zero-order chi connectivity index (χ0) is 20.4. The summed E-state index contributed by atoms with van der Waals surface area (Å²) in [6.07, 6.45) is 0.432. The molecule has 0 aliphatic rings. The van der Waals surface area contributed by atoms with Crippen LogP contribution in [0.4, 0.5) is 0 Å². The SMILES string of the molecule is CC(C)CC(N)C(=O)NC(CS)C(=O)NC(CO)C(=O)NC(C)C(=O)O. The minimum atomic E-state index is -1.37. The van der Waals surface area contributed by atoms with Crippen LogP contribution in [0.25, 0.3) is 0 Å². The van der Waals surface area contributed by atoms with Crippen molar-refractivity contribution in [3.63, 3.8) is 0 Å². The summed E-state index contributed by atoms with van der Waals surface area (Å²) >= 11 is 4.00. The van der Waals surface area contributed by atoms with Gasteiger partial charge in [-0.3, -0.25) is 19.2 Å². The Bertz CT molecular complexity index is 516. The number of nitrogens with one attached hydrogen (secondary N) is 3. The molecule has 0 rings (SSSR count). The van der Waals surface area contributed by atoms with Gasteiger partial charge in [0.15, 0.2) is 0 Å². The second kappa shape index (κ2) is 11.7. The third kappa shape index (κ3) is 8.50. The van der Waals surface area contributed by atoms with Gasteiger partial charge in [0.25, 0.3) is 0 Å². The van der Waals surface area contributed by atoms with Crippen molar-refractivity contribution >= 4 is 36.3 Å².